The van der Waals surface area contributed by atoms with Gasteiger partial charge in [0.1, 0.15) is 30.4 Å². The zero-order valence-electron chi connectivity index (χ0n) is 19.4. The number of hydrogen-bond acceptors (Lipinski definition) is 10. The Kier molecular flexibility index (Phi) is 8.63. The number of benzene rings is 1. The molecule has 0 aliphatic carbocycles. The predicted molar refractivity (Wildman–Crippen MR) is 127 cm³/mol. The Bertz CT molecular complexity index is 1150. The number of rotatable bonds is 8. The summed E-state index contributed by atoms with van der Waals surface area (Å²) in [5.74, 6) is 0.247. The van der Waals surface area contributed by atoms with Crippen molar-refractivity contribution in [1.29, 1.82) is 5.26 Å². The molecule has 184 valence electrons. The van der Waals surface area contributed by atoms with E-state index in [1.165, 1.54) is 24.4 Å². The minimum absolute atomic E-state index is 0.183. The number of halogens is 1. The lowest BCUT2D eigenvalue weighted by Gasteiger charge is -2.35. The Labute approximate surface area is 202 Å². The monoisotopic (exact) mass is 482 g/mol. The number of nitrogens with one attached hydrogen (secondary N) is 1. The van der Waals surface area contributed by atoms with Crippen LogP contribution in [0.15, 0.2) is 41.4 Å². The van der Waals surface area contributed by atoms with Crippen molar-refractivity contribution in [2.24, 2.45) is 10.7 Å². The van der Waals surface area contributed by atoms with Crippen molar-refractivity contribution in [3.63, 3.8) is 0 Å². The number of amides is 1. The standard InChI is InChI=1S/C23H27FN8O3/c1-3-27-11-17(10-26)30-23-29-13-28-21(31-23)15-4-5-19(16(8-15)9-25)35-20-6-7-32(12-18(20)24)22(34)14(2)33/h4-5,8,10-11,13-14,18,20,33H,3,6-7,12,26H2,1-2H3,(H,28,29,30,31)/t14-,18+,20-/m0/s1. The first-order valence-corrected chi connectivity index (χ1v) is 11.1. The molecular weight excluding hydrogens is 455 g/mol. The average molecular weight is 483 g/mol. The van der Waals surface area contributed by atoms with Gasteiger partial charge in [0.2, 0.25) is 5.95 Å². The number of aliphatic imine (C=N–C) groups is 1. The van der Waals surface area contributed by atoms with Crippen LogP contribution in [0, 0.1) is 11.3 Å². The number of nitrogens with two attached hydrogens (primary N) is 1. The molecule has 12 heteroatoms. The number of carbonyl (C=O) groups is 1. The van der Waals surface area contributed by atoms with E-state index in [9.17, 15) is 19.6 Å². The second kappa shape index (κ2) is 11.8. The smallest absolute Gasteiger partial charge is 0.251 e. The summed E-state index contributed by atoms with van der Waals surface area (Å²) in [7, 11) is 0. The maximum absolute atomic E-state index is 14.7. The summed E-state index contributed by atoms with van der Waals surface area (Å²) in [5.41, 5.74) is 6.82. The van der Waals surface area contributed by atoms with Gasteiger partial charge in [-0.3, -0.25) is 9.79 Å². The van der Waals surface area contributed by atoms with Gasteiger partial charge < -0.3 is 25.8 Å². The molecule has 1 aromatic carbocycles. The Morgan fingerprint density at radius 3 is 2.97 bits per heavy atom. The summed E-state index contributed by atoms with van der Waals surface area (Å²) in [5, 5.41) is 22.0. The van der Waals surface area contributed by atoms with E-state index < -0.39 is 24.3 Å². The summed E-state index contributed by atoms with van der Waals surface area (Å²) in [6, 6.07) is 6.82. The maximum Gasteiger partial charge on any atom is 0.251 e. The Balaban J connectivity index is 1.74. The Morgan fingerprint density at radius 2 is 2.31 bits per heavy atom. The number of aromatic nitrogens is 3. The molecule has 1 aliphatic rings. The first-order chi connectivity index (χ1) is 16.9. The van der Waals surface area contributed by atoms with Gasteiger partial charge in [-0.15, -0.1) is 0 Å². The first kappa shape index (κ1) is 25.5. The molecule has 1 saturated heterocycles. The number of aliphatic hydroxyl groups is 1. The molecule has 3 rings (SSSR count). The van der Waals surface area contributed by atoms with E-state index in [1.807, 2.05) is 6.92 Å². The van der Waals surface area contributed by atoms with E-state index in [-0.39, 0.29) is 36.8 Å². The molecule has 0 radical (unpaired) electrons. The molecule has 3 atom stereocenters. The van der Waals surface area contributed by atoms with Crippen LogP contribution in [0.3, 0.4) is 0 Å². The fourth-order valence-corrected chi connectivity index (χ4v) is 3.43. The zero-order valence-corrected chi connectivity index (χ0v) is 19.4. The van der Waals surface area contributed by atoms with Crippen molar-refractivity contribution in [3.05, 3.63) is 42.0 Å². The number of anilines is 1. The Hall–Kier alpha value is -4.11. The molecule has 1 aromatic heterocycles. The van der Waals surface area contributed by atoms with Gasteiger partial charge in [0.15, 0.2) is 12.0 Å². The number of ether oxygens (including phenoxy) is 1. The summed E-state index contributed by atoms with van der Waals surface area (Å²) < 4.78 is 20.5. The SMILES string of the molecule is CCN=CC(=CN)Nc1ncnc(-c2ccc(O[C@H]3CCN(C(=O)[C@H](C)O)C[C@H]3F)c(C#N)c2)n1. The van der Waals surface area contributed by atoms with Gasteiger partial charge in [-0.1, -0.05) is 0 Å². The van der Waals surface area contributed by atoms with Crippen molar-refractivity contribution < 1.29 is 19.0 Å². The van der Waals surface area contributed by atoms with Crippen molar-refractivity contribution >= 4 is 18.1 Å². The zero-order chi connectivity index (χ0) is 25.4. The van der Waals surface area contributed by atoms with E-state index in [4.69, 9.17) is 10.5 Å². The van der Waals surface area contributed by atoms with Crippen LogP contribution in [-0.4, -0.2) is 75.1 Å². The number of alkyl halides is 1. The molecule has 2 aromatic rings. The molecule has 35 heavy (non-hydrogen) atoms. The summed E-state index contributed by atoms with van der Waals surface area (Å²) >= 11 is 0. The van der Waals surface area contributed by atoms with Crippen molar-refractivity contribution in [1.82, 2.24) is 19.9 Å². The normalized spacial score (nSPS) is 19.3. The van der Waals surface area contributed by atoms with Gasteiger partial charge in [0.05, 0.1) is 17.8 Å². The number of piperidine rings is 1. The van der Waals surface area contributed by atoms with Crippen molar-refractivity contribution in [2.45, 2.75) is 38.6 Å². The number of aliphatic hydroxyl groups excluding tert-OH is 1. The van der Waals surface area contributed by atoms with Crippen LogP contribution in [-0.2, 0) is 4.79 Å². The molecule has 0 spiro atoms. The van der Waals surface area contributed by atoms with E-state index in [0.29, 0.717) is 23.6 Å². The minimum atomic E-state index is -1.46. The molecule has 0 saturated carbocycles. The fraction of sp³-hybridized carbons (Fsp3) is 0.391. The van der Waals surface area contributed by atoms with Crippen molar-refractivity contribution in [2.75, 3.05) is 25.0 Å². The van der Waals surface area contributed by atoms with Gasteiger partial charge in [-0.05, 0) is 32.0 Å². The number of likely N-dealkylation sites (tertiary alicyclic amines) is 1. The van der Waals surface area contributed by atoms with Crippen LogP contribution in [0.5, 0.6) is 5.75 Å². The second-order valence-electron chi connectivity index (χ2n) is 7.75. The highest BCUT2D eigenvalue weighted by atomic mass is 19.1. The third-order valence-corrected chi connectivity index (χ3v) is 5.21. The highest BCUT2D eigenvalue weighted by Crippen LogP contribution is 2.28. The molecule has 4 N–H and O–H groups in total. The minimum Gasteiger partial charge on any atom is -0.486 e. The lowest BCUT2D eigenvalue weighted by Crippen LogP contribution is -2.51. The largest absolute Gasteiger partial charge is 0.486 e. The van der Waals surface area contributed by atoms with Crippen LogP contribution in [0.1, 0.15) is 25.8 Å². The van der Waals surface area contributed by atoms with Gasteiger partial charge in [-0.25, -0.2) is 14.4 Å². The third-order valence-electron chi connectivity index (χ3n) is 5.21. The Morgan fingerprint density at radius 1 is 1.51 bits per heavy atom. The predicted octanol–water partition coefficient (Wildman–Crippen LogP) is 1.41. The number of allylic oxidation sites excluding steroid dienone is 1. The number of carbonyl (C=O) groups excluding carboxylic acids is 1. The molecular formula is C23H27FN8O3. The lowest BCUT2D eigenvalue weighted by atomic mass is 10.0. The quantitative estimate of drug-likeness (QED) is 0.472. The second-order valence-corrected chi connectivity index (χ2v) is 7.75. The topological polar surface area (TPSA) is 163 Å². The molecule has 1 aliphatic heterocycles. The fourth-order valence-electron chi connectivity index (χ4n) is 3.43. The van der Waals surface area contributed by atoms with Gasteiger partial charge >= 0.3 is 0 Å². The van der Waals surface area contributed by atoms with Crippen LogP contribution < -0.4 is 15.8 Å². The average Bonchev–Trinajstić information content (AvgIpc) is 2.87. The van der Waals surface area contributed by atoms with E-state index >= 15 is 0 Å². The van der Waals surface area contributed by atoms with Gasteiger partial charge in [-0.2, -0.15) is 10.2 Å². The lowest BCUT2D eigenvalue weighted by molar-refractivity contribution is -0.143. The first-order valence-electron chi connectivity index (χ1n) is 11.1. The van der Waals surface area contributed by atoms with Crippen LogP contribution >= 0.6 is 0 Å². The molecule has 1 fully saturated rings. The molecule has 1 amide bonds. The van der Waals surface area contributed by atoms with E-state index in [0.717, 1.165) is 0 Å². The molecule has 2 heterocycles. The summed E-state index contributed by atoms with van der Waals surface area (Å²) in [6.45, 7) is 3.89. The van der Waals surface area contributed by atoms with E-state index in [1.54, 1.807) is 24.4 Å². The number of nitrogens with zero attached hydrogens (tertiary/aromatic N) is 6. The van der Waals surface area contributed by atoms with Crippen molar-refractivity contribution in [3.8, 4) is 23.2 Å². The van der Waals surface area contributed by atoms with Gasteiger partial charge in [0.25, 0.3) is 5.91 Å². The van der Waals surface area contributed by atoms with Gasteiger partial charge in [0, 0.05) is 37.5 Å². The van der Waals surface area contributed by atoms with Crippen LogP contribution in [0.2, 0.25) is 0 Å². The summed E-state index contributed by atoms with van der Waals surface area (Å²) in [4.78, 5) is 29.9. The van der Waals surface area contributed by atoms with E-state index in [2.05, 4.69) is 31.3 Å². The summed E-state index contributed by atoms with van der Waals surface area (Å²) in [6.07, 6.45) is 0.972. The third kappa shape index (κ3) is 6.48. The van der Waals surface area contributed by atoms with Crippen LogP contribution in [0.4, 0.5) is 10.3 Å². The molecule has 0 unspecified atom stereocenters. The van der Waals surface area contributed by atoms with Crippen LogP contribution in [0.25, 0.3) is 11.4 Å². The maximum atomic E-state index is 14.7. The number of nitriles is 1. The highest BCUT2D eigenvalue weighted by molar-refractivity contribution is 5.82. The highest BCUT2D eigenvalue weighted by Gasteiger charge is 2.34. The number of hydrogen-bond donors (Lipinski definition) is 3. The molecule has 11 nitrogen and oxygen atoms in total. The molecule has 0 bridgehead atoms.